The van der Waals surface area contributed by atoms with Crippen molar-refractivity contribution in [2.45, 2.75) is 372 Å². The van der Waals surface area contributed by atoms with Crippen LogP contribution in [0.3, 0.4) is 0 Å². The summed E-state index contributed by atoms with van der Waals surface area (Å²) in [6.07, 6.45) is 69.4. The minimum Gasteiger partial charge on any atom is -0.454 e. The van der Waals surface area contributed by atoms with E-state index in [1.54, 1.807) is 6.08 Å². The summed E-state index contributed by atoms with van der Waals surface area (Å²) < 4.78 is 17.7. The van der Waals surface area contributed by atoms with Gasteiger partial charge in [-0.25, -0.2) is 0 Å². The van der Waals surface area contributed by atoms with Gasteiger partial charge in [0.1, 0.15) is 24.4 Å². The Bertz CT molecular complexity index is 1660. The van der Waals surface area contributed by atoms with E-state index in [0.717, 1.165) is 89.9 Å². The highest BCUT2D eigenvalue weighted by Crippen LogP contribution is 2.26. The number of nitrogens with one attached hydrogen (secondary N) is 1. The summed E-state index contributed by atoms with van der Waals surface area (Å²) in [7, 11) is 0. The second-order valence-corrected chi connectivity index (χ2v) is 24.6. The average Bonchev–Trinajstić information content (AvgIpc) is 3.60. The quantitative estimate of drug-likeness (QED) is 0.0195. The van der Waals surface area contributed by atoms with Crippen LogP contribution in [0.4, 0.5) is 0 Å². The van der Waals surface area contributed by atoms with Crippen LogP contribution < -0.4 is 5.32 Å². The van der Waals surface area contributed by atoms with Gasteiger partial charge < -0.3 is 45.1 Å². The van der Waals surface area contributed by atoms with Crippen LogP contribution in [-0.4, -0.2) is 99.6 Å². The van der Waals surface area contributed by atoms with E-state index in [2.05, 4.69) is 86.8 Å². The van der Waals surface area contributed by atoms with Crippen LogP contribution in [0.2, 0.25) is 0 Å². The molecule has 1 rings (SSSR count). The molecule has 494 valence electrons. The van der Waals surface area contributed by atoms with Gasteiger partial charge >= 0.3 is 5.97 Å². The third-order valence-corrected chi connectivity index (χ3v) is 16.6. The number of aliphatic hydroxyl groups excluding tert-OH is 5. The van der Waals surface area contributed by atoms with Crippen molar-refractivity contribution in [2.24, 2.45) is 0 Å². The number of carbonyl (C=O) groups excluding carboxylic acids is 2. The van der Waals surface area contributed by atoms with E-state index in [0.29, 0.717) is 12.8 Å². The van der Waals surface area contributed by atoms with Crippen molar-refractivity contribution >= 4 is 11.9 Å². The summed E-state index contributed by atoms with van der Waals surface area (Å²) in [5, 5.41) is 57.2. The Hall–Kier alpha value is -2.90. The van der Waals surface area contributed by atoms with Crippen LogP contribution in [0.5, 0.6) is 0 Å². The maximum absolute atomic E-state index is 13.5. The molecule has 0 saturated carbocycles. The van der Waals surface area contributed by atoms with Crippen molar-refractivity contribution in [3.8, 4) is 0 Å². The van der Waals surface area contributed by atoms with E-state index in [4.69, 9.17) is 14.2 Å². The Balaban J connectivity index is 2.55. The van der Waals surface area contributed by atoms with Gasteiger partial charge in [-0.1, -0.05) is 293 Å². The number of amides is 1. The average molecular weight is 1200 g/mol. The highest BCUT2D eigenvalue weighted by molar-refractivity contribution is 5.80. The molecule has 1 fully saturated rings. The van der Waals surface area contributed by atoms with Crippen molar-refractivity contribution < 1.29 is 49.3 Å². The molecule has 1 aliphatic heterocycles. The van der Waals surface area contributed by atoms with Gasteiger partial charge in [-0.2, -0.15) is 0 Å². The largest absolute Gasteiger partial charge is 0.454 e. The van der Waals surface area contributed by atoms with Gasteiger partial charge in [0, 0.05) is 6.42 Å². The second kappa shape index (κ2) is 61.3. The number of hydrogen-bond donors (Lipinski definition) is 6. The van der Waals surface area contributed by atoms with E-state index in [1.165, 1.54) is 186 Å². The number of carbonyl (C=O) groups is 2. The number of aliphatic hydroxyl groups is 5. The molecule has 0 bridgehead atoms. The van der Waals surface area contributed by atoms with E-state index >= 15 is 0 Å². The fourth-order valence-electron chi connectivity index (χ4n) is 10.9. The number of unbranched alkanes of at least 4 members (excludes halogenated alkanes) is 37. The zero-order valence-corrected chi connectivity index (χ0v) is 55.0. The van der Waals surface area contributed by atoms with Crippen molar-refractivity contribution in [1.29, 1.82) is 0 Å². The molecule has 6 N–H and O–H groups in total. The summed E-state index contributed by atoms with van der Waals surface area (Å²) in [4.78, 5) is 26.7. The molecule has 0 aliphatic carbocycles. The van der Waals surface area contributed by atoms with Crippen LogP contribution in [0, 0.1) is 0 Å². The molecule has 1 heterocycles. The third kappa shape index (κ3) is 48.7. The van der Waals surface area contributed by atoms with Crippen LogP contribution in [0.1, 0.15) is 323 Å². The highest BCUT2D eigenvalue weighted by atomic mass is 16.7. The van der Waals surface area contributed by atoms with Crippen LogP contribution in [0.15, 0.2) is 72.9 Å². The number of allylic oxidation sites excluding steroid dienone is 11. The lowest BCUT2D eigenvalue weighted by molar-refractivity contribution is -0.305. The molecular weight excluding hydrogens is 1060 g/mol. The van der Waals surface area contributed by atoms with Gasteiger partial charge in [0.15, 0.2) is 12.4 Å². The van der Waals surface area contributed by atoms with E-state index < -0.39 is 67.4 Å². The Kier molecular flexibility index (Phi) is 57.8. The van der Waals surface area contributed by atoms with Crippen molar-refractivity contribution in [1.82, 2.24) is 5.32 Å². The van der Waals surface area contributed by atoms with Gasteiger partial charge in [-0.05, 0) is 96.3 Å². The number of ether oxygens (including phenoxy) is 3. The molecule has 8 unspecified atom stereocenters. The number of hydrogen-bond acceptors (Lipinski definition) is 10. The summed E-state index contributed by atoms with van der Waals surface area (Å²) in [6.45, 7) is 5.76. The van der Waals surface area contributed by atoms with Gasteiger partial charge in [-0.3, -0.25) is 9.59 Å². The zero-order chi connectivity index (χ0) is 61.7. The molecule has 1 amide bonds. The molecule has 0 aromatic carbocycles. The fraction of sp³-hybridized carbons (Fsp3) is 0.811. The first kappa shape index (κ1) is 80.1. The summed E-state index contributed by atoms with van der Waals surface area (Å²) in [6, 6.07) is -1.03. The minimum atomic E-state index is -1.62. The molecular formula is C74H133NO10. The Morgan fingerprint density at radius 3 is 1.24 bits per heavy atom. The normalized spacial score (nSPS) is 18.8. The van der Waals surface area contributed by atoms with E-state index in [9.17, 15) is 35.1 Å². The summed E-state index contributed by atoms with van der Waals surface area (Å²) in [5.74, 6) is -1.20. The van der Waals surface area contributed by atoms with Crippen LogP contribution in [-0.2, 0) is 23.8 Å². The highest BCUT2D eigenvalue weighted by Gasteiger charge is 2.47. The summed E-state index contributed by atoms with van der Waals surface area (Å²) in [5.41, 5.74) is 0. The van der Waals surface area contributed by atoms with Gasteiger partial charge in [0.25, 0.3) is 0 Å². The maximum Gasteiger partial charge on any atom is 0.306 e. The van der Waals surface area contributed by atoms with E-state index in [-0.39, 0.29) is 19.4 Å². The molecule has 0 aromatic heterocycles. The lowest BCUT2D eigenvalue weighted by Gasteiger charge is -2.41. The molecule has 1 aliphatic rings. The molecule has 11 heteroatoms. The Morgan fingerprint density at radius 1 is 0.459 bits per heavy atom. The Labute approximate surface area is 521 Å². The Morgan fingerprint density at radius 2 is 0.812 bits per heavy atom. The van der Waals surface area contributed by atoms with Gasteiger partial charge in [0.05, 0.1) is 25.4 Å². The van der Waals surface area contributed by atoms with Gasteiger partial charge in [0.2, 0.25) is 5.91 Å². The molecule has 11 nitrogen and oxygen atoms in total. The van der Waals surface area contributed by atoms with Gasteiger partial charge in [-0.15, -0.1) is 0 Å². The first-order valence-electron chi connectivity index (χ1n) is 35.7. The lowest BCUT2D eigenvalue weighted by Crippen LogP contribution is -2.61. The zero-order valence-electron chi connectivity index (χ0n) is 55.0. The van der Waals surface area contributed by atoms with Crippen LogP contribution >= 0.6 is 0 Å². The van der Waals surface area contributed by atoms with Crippen molar-refractivity contribution in [2.75, 3.05) is 13.2 Å². The smallest absolute Gasteiger partial charge is 0.306 e. The first-order valence-corrected chi connectivity index (χ1v) is 35.7. The molecule has 8 atom stereocenters. The maximum atomic E-state index is 13.5. The van der Waals surface area contributed by atoms with Crippen molar-refractivity contribution in [3.63, 3.8) is 0 Å². The second-order valence-electron chi connectivity index (χ2n) is 24.6. The predicted molar refractivity (Wildman–Crippen MR) is 356 cm³/mol. The monoisotopic (exact) mass is 1200 g/mol. The molecule has 1 saturated heterocycles. The SMILES string of the molecule is CCCCC/C=C\C/C=C\C/C=C\CCCCCCCCCC(O)C(=O)NC(COC1OC(CO)C(O)C(O)C1OC(=O)CCCCCCCCCCCCCCCCC/C=C\C/C=C\CCCCC)C(O)/C=C/CCCCCCCCCCC. The standard InChI is InChI=1S/C74H133NO10/c1-4-7-10-13-16-19-22-24-26-28-30-32-33-34-35-36-38-40-42-44-47-50-53-56-59-62-69(79)85-72-71(81)70(80)68(63-76)84-74(72)83-64-65(66(77)60-57-54-51-48-45-21-18-15-12-9-6-3)75-73(82)67(78)61-58-55-52-49-46-43-41-39-37-31-29-27-25-23-20-17-14-11-8-5-2/h16-17,19-20,24-27,31,37,57,60,65-68,70-72,74,76-78,80-81H,4-15,18,21-23,28-30,32-36,38-56,58-59,61-64H2,1-3H3,(H,75,82)/b19-16-,20-17-,26-24-,27-25-,37-31-,60-57+. The first-order chi connectivity index (χ1) is 41.7. The topological polar surface area (TPSA) is 175 Å². The molecule has 85 heavy (non-hydrogen) atoms. The molecule has 0 radical (unpaired) electrons. The van der Waals surface area contributed by atoms with Crippen LogP contribution in [0.25, 0.3) is 0 Å². The van der Waals surface area contributed by atoms with E-state index in [1.807, 2.05) is 6.08 Å². The molecule has 0 spiro atoms. The number of rotatable bonds is 61. The minimum absolute atomic E-state index is 0.122. The fourth-order valence-corrected chi connectivity index (χ4v) is 10.9. The predicted octanol–water partition coefficient (Wildman–Crippen LogP) is 18.3. The molecule has 0 aromatic rings. The summed E-state index contributed by atoms with van der Waals surface area (Å²) >= 11 is 0. The number of esters is 1. The third-order valence-electron chi connectivity index (χ3n) is 16.6. The van der Waals surface area contributed by atoms with Crippen molar-refractivity contribution in [3.05, 3.63) is 72.9 Å². The lowest BCUT2D eigenvalue weighted by atomic mass is 9.99.